The molecule has 0 saturated carbocycles. The van der Waals surface area contributed by atoms with E-state index in [1.807, 2.05) is 0 Å². The maximum Gasteiger partial charge on any atom is 0.303 e. The van der Waals surface area contributed by atoms with Gasteiger partial charge in [0.2, 0.25) is 0 Å². The van der Waals surface area contributed by atoms with Gasteiger partial charge in [-0.1, -0.05) is 65.2 Å². The van der Waals surface area contributed by atoms with Crippen molar-refractivity contribution in [2.24, 2.45) is 11.8 Å². The Bertz CT molecular complexity index is 476. The summed E-state index contributed by atoms with van der Waals surface area (Å²) in [6.45, 7) is 4.52. The van der Waals surface area contributed by atoms with Gasteiger partial charge in [0.1, 0.15) is 0 Å². The second kappa shape index (κ2) is 13.3. The fraction of sp³-hybridized carbons (Fsp3) is 0.917. The van der Waals surface area contributed by atoms with Crippen molar-refractivity contribution < 1.29 is 29.3 Å². The third kappa shape index (κ3) is 8.93. The van der Waals surface area contributed by atoms with E-state index in [9.17, 15) is 9.59 Å². The van der Waals surface area contributed by atoms with Crippen LogP contribution in [0.4, 0.5) is 0 Å². The normalized spacial score (nSPS) is 26.9. The zero-order chi connectivity index (χ0) is 21.9. The van der Waals surface area contributed by atoms with Crippen molar-refractivity contribution in [3.8, 4) is 0 Å². The zero-order valence-corrected chi connectivity index (χ0v) is 18.9. The van der Waals surface area contributed by atoms with Crippen molar-refractivity contribution in [1.29, 1.82) is 0 Å². The quantitative estimate of drug-likeness (QED) is 0.211. The van der Waals surface area contributed by atoms with Gasteiger partial charge in [-0.2, -0.15) is 0 Å². The van der Waals surface area contributed by atoms with E-state index in [0.29, 0.717) is 36.3 Å². The Hall–Kier alpha value is -1.14. The van der Waals surface area contributed by atoms with Crippen LogP contribution in [0.1, 0.15) is 104 Å². The Labute approximate surface area is 181 Å². The molecule has 0 aromatic carbocycles. The number of unbranched alkanes of at least 4 members (excludes halogenated alkanes) is 6. The molecule has 0 amide bonds. The first-order valence-corrected chi connectivity index (χ1v) is 12.2. The van der Waals surface area contributed by atoms with Gasteiger partial charge in [-0.15, -0.1) is 0 Å². The van der Waals surface area contributed by atoms with Crippen LogP contribution >= 0.6 is 0 Å². The number of aliphatic carboxylic acids is 2. The maximum absolute atomic E-state index is 10.5. The number of rotatable bonds is 19. The molecule has 6 unspecified atom stereocenters. The van der Waals surface area contributed by atoms with Crippen molar-refractivity contribution in [3.63, 3.8) is 0 Å². The van der Waals surface area contributed by atoms with Crippen LogP contribution in [0.15, 0.2) is 0 Å². The molecule has 0 radical (unpaired) electrons. The van der Waals surface area contributed by atoms with Gasteiger partial charge in [-0.05, 0) is 37.5 Å². The first kappa shape index (κ1) is 25.1. The molecule has 2 aliphatic rings. The summed E-state index contributed by atoms with van der Waals surface area (Å²) in [7, 11) is 0. The number of carbonyl (C=O) groups is 2. The van der Waals surface area contributed by atoms with Gasteiger partial charge in [0.25, 0.3) is 0 Å². The standard InChI is InChI=1S/C24H42O6/c1-3-17(23-19(29-23)13-9-5-7-11-15-21(25)26)18(4-2)24-20(30-24)14-10-6-8-12-16-22(27)28/h17-20,23-24H,3-16H2,1-2H3,(H,25,26)(H,27,28). The Kier molecular flexibility index (Phi) is 11.1. The molecule has 2 saturated heterocycles. The summed E-state index contributed by atoms with van der Waals surface area (Å²) in [5.74, 6) is -0.262. The lowest BCUT2D eigenvalue weighted by molar-refractivity contribution is -0.138. The van der Waals surface area contributed by atoms with Gasteiger partial charge >= 0.3 is 11.9 Å². The summed E-state index contributed by atoms with van der Waals surface area (Å²) in [5.41, 5.74) is 0. The molecule has 2 heterocycles. The van der Waals surface area contributed by atoms with Crippen LogP contribution in [0.2, 0.25) is 0 Å². The van der Waals surface area contributed by atoms with Crippen molar-refractivity contribution >= 4 is 11.9 Å². The number of carboxylic acids is 2. The van der Waals surface area contributed by atoms with Gasteiger partial charge in [0.05, 0.1) is 24.4 Å². The molecule has 6 atom stereocenters. The monoisotopic (exact) mass is 426 g/mol. The van der Waals surface area contributed by atoms with Gasteiger partial charge in [-0.25, -0.2) is 0 Å². The molecule has 6 nitrogen and oxygen atoms in total. The van der Waals surface area contributed by atoms with Crippen LogP contribution in [0.3, 0.4) is 0 Å². The van der Waals surface area contributed by atoms with E-state index in [0.717, 1.165) is 77.0 Å². The summed E-state index contributed by atoms with van der Waals surface area (Å²) in [5, 5.41) is 17.4. The van der Waals surface area contributed by atoms with E-state index in [2.05, 4.69) is 13.8 Å². The van der Waals surface area contributed by atoms with Gasteiger partial charge in [0.15, 0.2) is 0 Å². The molecule has 0 aromatic rings. The van der Waals surface area contributed by atoms with Gasteiger partial charge < -0.3 is 19.7 Å². The molecule has 2 aliphatic heterocycles. The van der Waals surface area contributed by atoms with Crippen LogP contribution in [0.5, 0.6) is 0 Å². The molecule has 2 rings (SSSR count). The van der Waals surface area contributed by atoms with E-state index >= 15 is 0 Å². The molecule has 2 fully saturated rings. The minimum Gasteiger partial charge on any atom is -0.481 e. The minimum atomic E-state index is -0.698. The summed E-state index contributed by atoms with van der Waals surface area (Å²) in [6, 6.07) is 0. The maximum atomic E-state index is 10.5. The summed E-state index contributed by atoms with van der Waals surface area (Å²) in [4.78, 5) is 21.1. The minimum absolute atomic E-state index is 0.281. The van der Waals surface area contributed by atoms with Crippen LogP contribution in [0.25, 0.3) is 0 Å². The predicted octanol–water partition coefficient (Wildman–Crippen LogP) is 5.42. The summed E-state index contributed by atoms with van der Waals surface area (Å²) in [6.07, 6.45) is 14.5. The van der Waals surface area contributed by atoms with E-state index < -0.39 is 11.9 Å². The molecule has 0 aromatic heterocycles. The molecule has 0 bridgehead atoms. The molecule has 30 heavy (non-hydrogen) atoms. The highest BCUT2D eigenvalue weighted by Gasteiger charge is 2.52. The van der Waals surface area contributed by atoms with Gasteiger partial charge in [0, 0.05) is 12.8 Å². The number of hydrogen-bond acceptors (Lipinski definition) is 4. The van der Waals surface area contributed by atoms with E-state index in [1.165, 1.54) is 0 Å². The molecule has 2 N–H and O–H groups in total. The zero-order valence-electron chi connectivity index (χ0n) is 18.9. The van der Waals surface area contributed by atoms with E-state index in [-0.39, 0.29) is 12.8 Å². The molecule has 0 spiro atoms. The number of carboxylic acid groups (broad SMARTS) is 2. The Morgan fingerprint density at radius 2 is 1.03 bits per heavy atom. The lowest BCUT2D eigenvalue weighted by Gasteiger charge is -2.22. The fourth-order valence-electron chi connectivity index (χ4n) is 5.04. The average molecular weight is 427 g/mol. The van der Waals surface area contributed by atoms with Crippen molar-refractivity contribution in [2.45, 2.75) is 128 Å². The van der Waals surface area contributed by atoms with Gasteiger partial charge in [-0.3, -0.25) is 9.59 Å². The van der Waals surface area contributed by atoms with Crippen LogP contribution in [-0.4, -0.2) is 46.6 Å². The first-order chi connectivity index (χ1) is 14.5. The Morgan fingerprint density at radius 1 is 0.667 bits per heavy atom. The number of ether oxygens (including phenoxy) is 2. The van der Waals surface area contributed by atoms with Crippen molar-refractivity contribution in [1.82, 2.24) is 0 Å². The summed E-state index contributed by atoms with van der Waals surface area (Å²) < 4.78 is 12.1. The second-order valence-corrected chi connectivity index (χ2v) is 9.12. The lowest BCUT2D eigenvalue weighted by Crippen LogP contribution is -2.26. The fourth-order valence-corrected chi connectivity index (χ4v) is 5.04. The highest BCUT2D eigenvalue weighted by Crippen LogP contribution is 2.46. The van der Waals surface area contributed by atoms with Crippen molar-refractivity contribution in [2.75, 3.05) is 0 Å². The Morgan fingerprint density at radius 3 is 1.37 bits per heavy atom. The smallest absolute Gasteiger partial charge is 0.303 e. The van der Waals surface area contributed by atoms with E-state index in [1.54, 1.807) is 0 Å². The lowest BCUT2D eigenvalue weighted by atomic mass is 9.80. The highest BCUT2D eigenvalue weighted by atomic mass is 16.6. The average Bonchev–Trinajstić information content (AvgIpc) is 3.61. The Balaban J connectivity index is 1.60. The topological polar surface area (TPSA) is 99.7 Å². The van der Waals surface area contributed by atoms with E-state index in [4.69, 9.17) is 19.7 Å². The molecular weight excluding hydrogens is 384 g/mol. The highest BCUT2D eigenvalue weighted by molar-refractivity contribution is 5.66. The SMILES string of the molecule is CCC(C(CC)C1OC1CCCCCCC(=O)O)C1OC1CCCCCCC(=O)O. The number of epoxide rings is 2. The number of hydrogen-bond donors (Lipinski definition) is 2. The van der Waals surface area contributed by atoms with Crippen molar-refractivity contribution in [3.05, 3.63) is 0 Å². The summed E-state index contributed by atoms with van der Waals surface area (Å²) >= 11 is 0. The third-order valence-corrected chi connectivity index (χ3v) is 6.84. The van der Waals surface area contributed by atoms with Crippen LogP contribution < -0.4 is 0 Å². The van der Waals surface area contributed by atoms with Crippen LogP contribution in [0, 0.1) is 11.8 Å². The molecule has 6 heteroatoms. The molecular formula is C24H42O6. The predicted molar refractivity (Wildman–Crippen MR) is 116 cm³/mol. The first-order valence-electron chi connectivity index (χ1n) is 12.2. The van der Waals surface area contributed by atoms with Crippen LogP contribution in [-0.2, 0) is 19.1 Å². The molecule has 0 aliphatic carbocycles. The largest absolute Gasteiger partial charge is 0.481 e. The third-order valence-electron chi connectivity index (χ3n) is 6.84. The molecule has 174 valence electrons. The second-order valence-electron chi connectivity index (χ2n) is 9.12.